The molecule has 3 rings (SSSR count). The molecule has 0 spiro atoms. The van der Waals surface area contributed by atoms with E-state index in [0.717, 1.165) is 42.6 Å². The molecule has 1 aliphatic rings. The SMILES string of the molecule is CC(=O)Nc1nc(-c2ccco2)c(N2CCNCC2)s1.O=C(O)C=CC(=O)O. The number of anilines is 2. The Morgan fingerprint density at radius 3 is 2.39 bits per heavy atom. The van der Waals surface area contributed by atoms with Gasteiger partial charge in [0.2, 0.25) is 5.91 Å². The average Bonchev–Trinajstić information content (AvgIpc) is 3.30. The van der Waals surface area contributed by atoms with Gasteiger partial charge in [-0.25, -0.2) is 14.6 Å². The zero-order chi connectivity index (χ0) is 20.5. The van der Waals surface area contributed by atoms with Crippen LogP contribution in [0.1, 0.15) is 6.92 Å². The predicted molar refractivity (Wildman–Crippen MR) is 104 cm³/mol. The number of amides is 1. The van der Waals surface area contributed by atoms with Gasteiger partial charge in [-0.1, -0.05) is 11.3 Å². The van der Waals surface area contributed by atoms with Crippen molar-refractivity contribution in [2.75, 3.05) is 36.4 Å². The monoisotopic (exact) mass is 408 g/mol. The lowest BCUT2D eigenvalue weighted by Gasteiger charge is -2.28. The van der Waals surface area contributed by atoms with E-state index in [2.05, 4.69) is 20.5 Å². The summed E-state index contributed by atoms with van der Waals surface area (Å²) in [7, 11) is 0. The van der Waals surface area contributed by atoms with Crippen molar-refractivity contribution < 1.29 is 29.0 Å². The normalized spacial score (nSPS) is 13.7. The van der Waals surface area contributed by atoms with E-state index in [4.69, 9.17) is 14.6 Å². The number of aromatic nitrogens is 1. The number of nitrogens with zero attached hydrogens (tertiary/aromatic N) is 2. The van der Waals surface area contributed by atoms with Crippen LogP contribution in [0.2, 0.25) is 0 Å². The van der Waals surface area contributed by atoms with Crippen LogP contribution in [0, 0.1) is 0 Å². The van der Waals surface area contributed by atoms with Crippen LogP contribution in [0.25, 0.3) is 11.5 Å². The maximum Gasteiger partial charge on any atom is 0.328 e. The third-order valence-corrected chi connectivity index (χ3v) is 4.45. The second-order valence-corrected chi connectivity index (χ2v) is 6.56. The fourth-order valence-electron chi connectivity index (χ4n) is 2.31. The number of piperazine rings is 1. The Balaban J connectivity index is 0.000000300. The third kappa shape index (κ3) is 6.52. The van der Waals surface area contributed by atoms with Crippen molar-refractivity contribution in [2.24, 2.45) is 0 Å². The molecule has 0 unspecified atom stereocenters. The van der Waals surface area contributed by atoms with E-state index >= 15 is 0 Å². The molecule has 0 aromatic carbocycles. The van der Waals surface area contributed by atoms with Gasteiger partial charge in [0, 0.05) is 45.3 Å². The molecule has 3 heterocycles. The van der Waals surface area contributed by atoms with E-state index in [1.807, 2.05) is 12.1 Å². The highest BCUT2D eigenvalue weighted by atomic mass is 32.1. The molecule has 0 atom stereocenters. The van der Waals surface area contributed by atoms with E-state index in [9.17, 15) is 14.4 Å². The quantitative estimate of drug-likeness (QED) is 0.540. The van der Waals surface area contributed by atoms with Gasteiger partial charge in [-0.05, 0) is 12.1 Å². The van der Waals surface area contributed by atoms with Gasteiger partial charge in [-0.2, -0.15) is 0 Å². The number of furan rings is 1. The number of carboxylic acids is 2. The molecule has 0 aliphatic carbocycles. The molecule has 0 bridgehead atoms. The van der Waals surface area contributed by atoms with Crippen LogP contribution in [0.15, 0.2) is 35.0 Å². The van der Waals surface area contributed by atoms with Crippen LogP contribution < -0.4 is 15.5 Å². The van der Waals surface area contributed by atoms with Gasteiger partial charge in [0.05, 0.1) is 6.26 Å². The number of hydrogen-bond donors (Lipinski definition) is 4. The van der Waals surface area contributed by atoms with Crippen LogP contribution in [0.3, 0.4) is 0 Å². The molecule has 4 N–H and O–H groups in total. The van der Waals surface area contributed by atoms with Crippen LogP contribution in [0.4, 0.5) is 10.1 Å². The Kier molecular flexibility index (Phi) is 7.72. The first-order chi connectivity index (χ1) is 13.4. The third-order valence-electron chi connectivity index (χ3n) is 3.42. The summed E-state index contributed by atoms with van der Waals surface area (Å²) in [5, 5.41) is 23.4. The first-order valence-electron chi connectivity index (χ1n) is 8.28. The molecule has 1 fully saturated rings. The summed E-state index contributed by atoms with van der Waals surface area (Å²) in [4.78, 5) is 37.1. The number of rotatable bonds is 5. The van der Waals surface area contributed by atoms with Crippen molar-refractivity contribution in [3.8, 4) is 11.5 Å². The topological polar surface area (TPSA) is 145 Å². The zero-order valence-corrected chi connectivity index (χ0v) is 15.9. The smallest absolute Gasteiger partial charge is 0.328 e. The average molecular weight is 408 g/mol. The number of hydrogen-bond acceptors (Lipinski definition) is 8. The number of carbonyl (C=O) groups excluding carboxylic acids is 1. The number of thiazole rings is 1. The largest absolute Gasteiger partial charge is 0.478 e. The van der Waals surface area contributed by atoms with Crippen molar-refractivity contribution in [3.05, 3.63) is 30.5 Å². The summed E-state index contributed by atoms with van der Waals surface area (Å²) in [6.07, 6.45) is 2.75. The highest BCUT2D eigenvalue weighted by Gasteiger charge is 2.22. The molecule has 11 heteroatoms. The molecule has 2 aromatic rings. The fraction of sp³-hybridized carbons (Fsp3) is 0.294. The Labute approximate surface area is 164 Å². The van der Waals surface area contributed by atoms with E-state index in [1.54, 1.807) is 6.26 Å². The number of carboxylic acid groups (broad SMARTS) is 2. The molecule has 10 nitrogen and oxygen atoms in total. The first kappa shape index (κ1) is 21.1. The van der Waals surface area contributed by atoms with E-state index in [0.29, 0.717) is 17.3 Å². The lowest BCUT2D eigenvalue weighted by molar-refractivity contribution is -0.134. The maximum absolute atomic E-state index is 11.2. The van der Waals surface area contributed by atoms with Crippen molar-refractivity contribution in [1.29, 1.82) is 0 Å². The summed E-state index contributed by atoms with van der Waals surface area (Å²) in [5.74, 6) is -1.90. The molecule has 0 radical (unpaired) electrons. The van der Waals surface area contributed by atoms with Gasteiger partial charge in [0.15, 0.2) is 10.9 Å². The van der Waals surface area contributed by atoms with Gasteiger partial charge >= 0.3 is 11.9 Å². The van der Waals surface area contributed by atoms with Crippen LogP contribution in [-0.4, -0.2) is 59.2 Å². The van der Waals surface area contributed by atoms with Crippen LogP contribution >= 0.6 is 11.3 Å². The standard InChI is InChI=1S/C13H16N4O2S.C4H4O4/c1-9(18)15-13-16-11(10-3-2-8-19-10)12(20-13)17-6-4-14-5-7-17;5-3(6)1-2-4(7)8/h2-3,8,14H,4-7H2,1H3,(H,15,16,18);1-2H,(H,5,6)(H,7,8). The lowest BCUT2D eigenvalue weighted by Crippen LogP contribution is -2.43. The molecular weight excluding hydrogens is 388 g/mol. The highest BCUT2D eigenvalue weighted by Crippen LogP contribution is 2.38. The summed E-state index contributed by atoms with van der Waals surface area (Å²) in [5.41, 5.74) is 0.797. The van der Waals surface area contributed by atoms with E-state index in [-0.39, 0.29) is 5.91 Å². The van der Waals surface area contributed by atoms with Gasteiger partial charge in [-0.3, -0.25) is 4.79 Å². The minimum Gasteiger partial charge on any atom is -0.478 e. The molecule has 1 amide bonds. The van der Waals surface area contributed by atoms with Crippen LogP contribution in [-0.2, 0) is 14.4 Å². The van der Waals surface area contributed by atoms with Gasteiger partial charge in [-0.15, -0.1) is 0 Å². The predicted octanol–water partition coefficient (Wildman–Crippen LogP) is 1.48. The van der Waals surface area contributed by atoms with Crippen molar-refractivity contribution >= 4 is 39.3 Å². The van der Waals surface area contributed by atoms with Crippen molar-refractivity contribution in [2.45, 2.75) is 6.92 Å². The summed E-state index contributed by atoms with van der Waals surface area (Å²) in [6.45, 7) is 5.24. The second-order valence-electron chi connectivity index (χ2n) is 5.58. The van der Waals surface area contributed by atoms with Gasteiger partial charge < -0.3 is 30.2 Å². The van der Waals surface area contributed by atoms with Crippen LogP contribution in [0.5, 0.6) is 0 Å². The molecule has 28 heavy (non-hydrogen) atoms. The zero-order valence-electron chi connectivity index (χ0n) is 15.0. The Morgan fingerprint density at radius 1 is 1.25 bits per heavy atom. The Morgan fingerprint density at radius 2 is 1.89 bits per heavy atom. The summed E-state index contributed by atoms with van der Waals surface area (Å²) in [6, 6.07) is 3.73. The number of nitrogens with one attached hydrogen (secondary N) is 2. The molecule has 150 valence electrons. The molecule has 2 aromatic heterocycles. The highest BCUT2D eigenvalue weighted by molar-refractivity contribution is 7.20. The molecule has 1 saturated heterocycles. The number of carbonyl (C=O) groups is 3. The molecule has 1 aliphatic heterocycles. The van der Waals surface area contributed by atoms with E-state index in [1.165, 1.54) is 18.3 Å². The summed E-state index contributed by atoms with van der Waals surface area (Å²) < 4.78 is 5.46. The Bertz CT molecular complexity index is 824. The maximum atomic E-state index is 11.2. The minimum absolute atomic E-state index is 0.114. The van der Waals surface area contributed by atoms with Crippen molar-refractivity contribution in [1.82, 2.24) is 10.3 Å². The summed E-state index contributed by atoms with van der Waals surface area (Å²) >= 11 is 1.49. The Hall–Kier alpha value is -3.18. The molecule has 0 saturated carbocycles. The van der Waals surface area contributed by atoms with E-state index < -0.39 is 11.9 Å². The molecular formula is C17H20N4O6S. The van der Waals surface area contributed by atoms with Crippen molar-refractivity contribution in [3.63, 3.8) is 0 Å². The minimum atomic E-state index is -1.26. The fourth-order valence-corrected chi connectivity index (χ4v) is 3.38. The second kappa shape index (κ2) is 10.2. The number of aliphatic carboxylic acids is 2. The lowest BCUT2D eigenvalue weighted by atomic mass is 10.3. The van der Waals surface area contributed by atoms with Gasteiger partial charge in [0.1, 0.15) is 10.7 Å². The first-order valence-corrected chi connectivity index (χ1v) is 9.10. The van der Waals surface area contributed by atoms with Gasteiger partial charge in [0.25, 0.3) is 0 Å².